The lowest BCUT2D eigenvalue weighted by atomic mass is 10.2. The third-order valence-electron chi connectivity index (χ3n) is 2.80. The summed E-state index contributed by atoms with van der Waals surface area (Å²) in [4.78, 5) is 13.6. The van der Waals surface area contributed by atoms with Gasteiger partial charge in [0.1, 0.15) is 5.75 Å². The number of likely N-dealkylation sites (N-methyl/N-ethyl adjacent to an activating group) is 1. The number of carbonyl (C=O) groups is 1. The number of carbonyl (C=O) groups excluding carboxylic acids is 1. The van der Waals surface area contributed by atoms with Crippen LogP contribution in [0.1, 0.15) is 26.3 Å². The first-order valence-electron chi connectivity index (χ1n) is 5.92. The van der Waals surface area contributed by atoms with Crippen molar-refractivity contribution in [2.24, 2.45) is 0 Å². The van der Waals surface area contributed by atoms with Crippen LogP contribution in [0.2, 0.25) is 0 Å². The SMILES string of the molecule is Cc1ccc(OC(C)C(=O)N(C)C(C)C)cc1. The van der Waals surface area contributed by atoms with Crippen molar-refractivity contribution < 1.29 is 9.53 Å². The molecule has 3 nitrogen and oxygen atoms in total. The highest BCUT2D eigenvalue weighted by Gasteiger charge is 2.20. The van der Waals surface area contributed by atoms with Gasteiger partial charge in [0, 0.05) is 13.1 Å². The van der Waals surface area contributed by atoms with Crippen LogP contribution in [0.15, 0.2) is 24.3 Å². The standard InChI is InChI=1S/C14H21NO2/c1-10(2)15(5)14(16)12(4)17-13-8-6-11(3)7-9-13/h6-10,12H,1-5H3. The Morgan fingerprint density at radius 2 is 1.71 bits per heavy atom. The minimum absolute atomic E-state index is 0.000532. The van der Waals surface area contributed by atoms with Crippen molar-refractivity contribution in [2.45, 2.75) is 39.8 Å². The molecule has 1 rings (SSSR count). The molecule has 1 aromatic carbocycles. The minimum Gasteiger partial charge on any atom is -0.481 e. The molecular weight excluding hydrogens is 214 g/mol. The van der Waals surface area contributed by atoms with E-state index in [1.165, 1.54) is 5.56 Å². The van der Waals surface area contributed by atoms with Gasteiger partial charge in [0.2, 0.25) is 0 Å². The average Bonchev–Trinajstić information content (AvgIpc) is 2.30. The number of rotatable bonds is 4. The molecule has 1 amide bonds. The van der Waals surface area contributed by atoms with Gasteiger partial charge in [-0.1, -0.05) is 17.7 Å². The highest BCUT2D eigenvalue weighted by Crippen LogP contribution is 2.14. The predicted octanol–water partition coefficient (Wildman–Crippen LogP) is 2.63. The van der Waals surface area contributed by atoms with E-state index in [0.29, 0.717) is 0 Å². The average molecular weight is 235 g/mol. The number of hydrogen-bond acceptors (Lipinski definition) is 2. The van der Waals surface area contributed by atoms with Gasteiger partial charge >= 0.3 is 0 Å². The quantitative estimate of drug-likeness (QED) is 0.803. The van der Waals surface area contributed by atoms with Gasteiger partial charge in [0.15, 0.2) is 6.10 Å². The van der Waals surface area contributed by atoms with Gasteiger partial charge in [0.25, 0.3) is 5.91 Å². The lowest BCUT2D eigenvalue weighted by Gasteiger charge is -2.25. The molecule has 0 bridgehead atoms. The number of nitrogens with zero attached hydrogens (tertiary/aromatic N) is 1. The zero-order chi connectivity index (χ0) is 13.0. The maximum Gasteiger partial charge on any atom is 0.263 e. The molecule has 17 heavy (non-hydrogen) atoms. The minimum atomic E-state index is -0.454. The van der Waals surface area contributed by atoms with Gasteiger partial charge in [0.05, 0.1) is 0 Å². The van der Waals surface area contributed by atoms with Crippen molar-refractivity contribution in [1.82, 2.24) is 4.90 Å². The molecule has 94 valence electrons. The molecule has 0 saturated heterocycles. The van der Waals surface area contributed by atoms with Crippen molar-refractivity contribution in [3.05, 3.63) is 29.8 Å². The highest BCUT2D eigenvalue weighted by atomic mass is 16.5. The van der Waals surface area contributed by atoms with E-state index in [2.05, 4.69) is 0 Å². The van der Waals surface area contributed by atoms with Crippen LogP contribution in [0, 0.1) is 6.92 Å². The summed E-state index contributed by atoms with van der Waals surface area (Å²) in [6.45, 7) is 7.76. The van der Waals surface area contributed by atoms with Crippen molar-refractivity contribution in [1.29, 1.82) is 0 Å². The second-order valence-corrected chi connectivity index (χ2v) is 4.62. The molecule has 3 heteroatoms. The number of ether oxygens (including phenoxy) is 1. The van der Waals surface area contributed by atoms with Crippen LogP contribution >= 0.6 is 0 Å². The van der Waals surface area contributed by atoms with E-state index < -0.39 is 6.10 Å². The first-order chi connectivity index (χ1) is 7.91. The molecule has 0 fully saturated rings. The molecule has 1 unspecified atom stereocenters. The van der Waals surface area contributed by atoms with Gasteiger partial charge in [-0.2, -0.15) is 0 Å². The van der Waals surface area contributed by atoms with Crippen molar-refractivity contribution >= 4 is 5.91 Å². The van der Waals surface area contributed by atoms with E-state index in [1.807, 2.05) is 45.0 Å². The normalized spacial score (nSPS) is 12.4. The summed E-state index contributed by atoms with van der Waals surface area (Å²) < 4.78 is 5.61. The molecule has 0 aliphatic carbocycles. The lowest BCUT2D eigenvalue weighted by Crippen LogP contribution is -2.41. The van der Waals surface area contributed by atoms with Crippen LogP contribution in [0.4, 0.5) is 0 Å². The second-order valence-electron chi connectivity index (χ2n) is 4.62. The number of aryl methyl sites for hydroxylation is 1. The number of benzene rings is 1. The number of hydrogen-bond donors (Lipinski definition) is 0. The van der Waals surface area contributed by atoms with E-state index in [-0.39, 0.29) is 11.9 Å². The first kappa shape index (κ1) is 13.6. The molecule has 0 aromatic heterocycles. The summed E-state index contributed by atoms with van der Waals surface area (Å²) in [5.74, 6) is 0.731. The molecule has 0 radical (unpaired) electrons. The van der Waals surface area contributed by atoms with Crippen LogP contribution < -0.4 is 4.74 Å². The predicted molar refractivity (Wildman–Crippen MR) is 69.2 cm³/mol. The summed E-state index contributed by atoms with van der Waals surface area (Å²) in [6, 6.07) is 7.90. The van der Waals surface area contributed by atoms with Crippen molar-refractivity contribution in [3.63, 3.8) is 0 Å². The van der Waals surface area contributed by atoms with Crippen LogP contribution in [0.5, 0.6) is 5.75 Å². The summed E-state index contributed by atoms with van der Waals surface area (Å²) >= 11 is 0. The van der Waals surface area contributed by atoms with E-state index in [0.717, 1.165) is 5.75 Å². The van der Waals surface area contributed by atoms with E-state index in [1.54, 1.807) is 18.9 Å². The van der Waals surface area contributed by atoms with Gasteiger partial charge < -0.3 is 9.64 Å². The molecule has 0 aliphatic rings. The smallest absolute Gasteiger partial charge is 0.263 e. The number of amides is 1. The Balaban J connectivity index is 2.63. The Morgan fingerprint density at radius 3 is 2.18 bits per heavy atom. The fraction of sp³-hybridized carbons (Fsp3) is 0.500. The van der Waals surface area contributed by atoms with Crippen LogP contribution in [0.3, 0.4) is 0 Å². The molecule has 0 aliphatic heterocycles. The summed E-state index contributed by atoms with van der Waals surface area (Å²) in [5, 5.41) is 0. The lowest BCUT2D eigenvalue weighted by molar-refractivity contribution is -0.138. The molecule has 1 atom stereocenters. The highest BCUT2D eigenvalue weighted by molar-refractivity contribution is 5.80. The maximum absolute atomic E-state index is 12.0. The third kappa shape index (κ3) is 3.77. The fourth-order valence-electron chi connectivity index (χ4n) is 1.41. The van der Waals surface area contributed by atoms with Gasteiger partial charge in [-0.25, -0.2) is 0 Å². The van der Waals surface area contributed by atoms with E-state index in [9.17, 15) is 4.79 Å². The Labute approximate surface area is 103 Å². The van der Waals surface area contributed by atoms with Crippen LogP contribution in [-0.4, -0.2) is 30.0 Å². The molecule has 0 heterocycles. The molecule has 1 aromatic rings. The summed E-state index contributed by atoms with van der Waals surface area (Å²) in [5.41, 5.74) is 1.18. The van der Waals surface area contributed by atoms with Gasteiger partial charge in [-0.05, 0) is 39.8 Å². The van der Waals surface area contributed by atoms with Crippen LogP contribution in [-0.2, 0) is 4.79 Å². The zero-order valence-electron chi connectivity index (χ0n) is 11.2. The van der Waals surface area contributed by atoms with Crippen molar-refractivity contribution in [3.8, 4) is 5.75 Å². The Bertz CT molecular complexity index is 370. The van der Waals surface area contributed by atoms with E-state index in [4.69, 9.17) is 4.74 Å². The Kier molecular flexibility index (Phi) is 4.55. The third-order valence-corrected chi connectivity index (χ3v) is 2.80. The molecule has 0 N–H and O–H groups in total. The van der Waals surface area contributed by atoms with Crippen LogP contribution in [0.25, 0.3) is 0 Å². The summed E-state index contributed by atoms with van der Waals surface area (Å²) in [6.07, 6.45) is -0.454. The summed E-state index contributed by atoms with van der Waals surface area (Å²) in [7, 11) is 1.79. The van der Waals surface area contributed by atoms with E-state index >= 15 is 0 Å². The Morgan fingerprint density at radius 1 is 1.18 bits per heavy atom. The second kappa shape index (κ2) is 5.71. The molecular formula is C14H21NO2. The van der Waals surface area contributed by atoms with Gasteiger partial charge in [-0.3, -0.25) is 4.79 Å². The van der Waals surface area contributed by atoms with Crippen molar-refractivity contribution in [2.75, 3.05) is 7.05 Å². The Hall–Kier alpha value is -1.51. The maximum atomic E-state index is 12.0. The molecule has 0 spiro atoms. The molecule has 0 saturated carbocycles. The zero-order valence-corrected chi connectivity index (χ0v) is 11.2. The largest absolute Gasteiger partial charge is 0.481 e. The monoisotopic (exact) mass is 235 g/mol. The topological polar surface area (TPSA) is 29.5 Å². The van der Waals surface area contributed by atoms with Gasteiger partial charge in [-0.15, -0.1) is 0 Å². The first-order valence-corrected chi connectivity index (χ1v) is 5.92. The fourth-order valence-corrected chi connectivity index (χ4v) is 1.41.